The number of fused-ring (bicyclic) bond motifs is 2. The van der Waals surface area contributed by atoms with E-state index in [1.807, 2.05) is 26.0 Å². The van der Waals surface area contributed by atoms with Crippen LogP contribution in [0, 0.1) is 6.92 Å². The Labute approximate surface area is 196 Å². The van der Waals surface area contributed by atoms with Crippen LogP contribution in [0.2, 0.25) is 0 Å². The summed E-state index contributed by atoms with van der Waals surface area (Å²) >= 11 is 1.33. The van der Waals surface area contributed by atoms with Gasteiger partial charge < -0.3 is 31.2 Å². The number of nitrogen functional groups attached to an aromatic ring is 1. The highest BCUT2D eigenvalue weighted by Crippen LogP contribution is 2.34. The quantitative estimate of drug-likeness (QED) is 0.528. The number of hydrogen-bond acceptors (Lipinski definition) is 8. The van der Waals surface area contributed by atoms with Gasteiger partial charge in [-0.15, -0.1) is 11.3 Å². The Kier molecular flexibility index (Phi) is 5.86. The van der Waals surface area contributed by atoms with E-state index < -0.39 is 0 Å². The van der Waals surface area contributed by atoms with Gasteiger partial charge in [-0.25, -0.2) is 4.98 Å². The average Bonchev–Trinajstić information content (AvgIpc) is 3.33. The van der Waals surface area contributed by atoms with E-state index in [2.05, 4.69) is 33.4 Å². The molecule has 8 nitrogen and oxygen atoms in total. The summed E-state index contributed by atoms with van der Waals surface area (Å²) in [5, 5.41) is 3.90. The van der Waals surface area contributed by atoms with Crippen LogP contribution in [-0.2, 0) is 11.2 Å². The summed E-state index contributed by atoms with van der Waals surface area (Å²) in [7, 11) is 0. The molecule has 1 saturated heterocycles. The van der Waals surface area contributed by atoms with E-state index in [0.717, 1.165) is 46.0 Å². The largest absolute Gasteiger partial charge is 0.491 e. The summed E-state index contributed by atoms with van der Waals surface area (Å²) in [6, 6.07) is 9.92. The van der Waals surface area contributed by atoms with Crippen LogP contribution in [-0.4, -0.2) is 55.4 Å². The van der Waals surface area contributed by atoms with Crippen LogP contribution in [0.25, 0.3) is 10.2 Å². The summed E-state index contributed by atoms with van der Waals surface area (Å²) in [4.78, 5) is 21.0. The number of thiophene rings is 1. The maximum atomic E-state index is 12.9. The Morgan fingerprint density at radius 1 is 1.33 bits per heavy atom. The lowest BCUT2D eigenvalue weighted by Crippen LogP contribution is -2.42. The van der Waals surface area contributed by atoms with Gasteiger partial charge in [0, 0.05) is 42.5 Å². The predicted molar refractivity (Wildman–Crippen MR) is 131 cm³/mol. The monoisotopic (exact) mass is 467 g/mol. The van der Waals surface area contributed by atoms with E-state index in [-0.39, 0.29) is 24.1 Å². The lowest BCUT2D eigenvalue weighted by molar-refractivity contribution is 0.0680. The van der Waals surface area contributed by atoms with Gasteiger partial charge in [0.1, 0.15) is 22.1 Å². The Morgan fingerprint density at radius 2 is 2.18 bits per heavy atom. The van der Waals surface area contributed by atoms with Gasteiger partial charge in [0.15, 0.2) is 0 Å². The van der Waals surface area contributed by atoms with Crippen molar-refractivity contribution in [2.75, 3.05) is 36.9 Å². The van der Waals surface area contributed by atoms with Crippen molar-refractivity contribution in [3.63, 3.8) is 0 Å². The molecule has 1 fully saturated rings. The number of aryl methyl sites for hydroxylation is 1. The van der Waals surface area contributed by atoms with Crippen LogP contribution in [0.15, 0.2) is 30.3 Å². The number of benzene rings is 1. The highest BCUT2D eigenvalue weighted by atomic mass is 32.1. The SMILES string of the molecule is CCO[C@H]1CN(c2ccc3c(c2)OC[C@H](NC(=O)c2sc4nc(C)ccc4c2N)C3)C[C@H]1N. The molecule has 5 N–H and O–H groups in total. The Morgan fingerprint density at radius 3 is 3.00 bits per heavy atom. The molecule has 0 aliphatic carbocycles. The summed E-state index contributed by atoms with van der Waals surface area (Å²) in [5.74, 6) is 0.669. The third-order valence-corrected chi connectivity index (χ3v) is 7.40. The molecule has 2 aliphatic rings. The van der Waals surface area contributed by atoms with E-state index in [1.165, 1.54) is 11.3 Å². The zero-order valence-electron chi connectivity index (χ0n) is 18.8. The molecule has 0 spiro atoms. The van der Waals surface area contributed by atoms with Crippen LogP contribution < -0.4 is 26.4 Å². The molecular formula is C24H29N5O3S. The third kappa shape index (κ3) is 4.23. The number of ether oxygens (including phenoxy) is 2. The fourth-order valence-corrected chi connectivity index (χ4v) is 5.60. The molecule has 5 rings (SSSR count). The number of carbonyl (C=O) groups excluding carboxylic acids is 1. The van der Waals surface area contributed by atoms with Crippen LogP contribution in [0.3, 0.4) is 0 Å². The van der Waals surface area contributed by atoms with Crippen molar-refractivity contribution < 1.29 is 14.3 Å². The molecule has 3 atom stereocenters. The molecule has 0 saturated carbocycles. The molecule has 0 unspecified atom stereocenters. The van der Waals surface area contributed by atoms with Gasteiger partial charge >= 0.3 is 0 Å². The summed E-state index contributed by atoms with van der Waals surface area (Å²) in [6.45, 7) is 6.52. The second-order valence-electron chi connectivity index (χ2n) is 8.69. The molecule has 2 aliphatic heterocycles. The minimum absolute atomic E-state index is 0.00180. The van der Waals surface area contributed by atoms with E-state index in [4.69, 9.17) is 20.9 Å². The molecule has 0 bridgehead atoms. The standard InChI is InChI=1S/C24H29N5O3S/c1-3-31-20-11-29(10-18(20)25)16-6-5-14-8-15(12-32-19(14)9-16)28-23(30)22-21(26)17-7-4-13(2)27-24(17)33-22/h4-7,9,15,18,20H,3,8,10-12,25-26H2,1-2H3,(H,28,30)/t15-,18-,20+/m1/s1. The van der Waals surface area contributed by atoms with Crippen molar-refractivity contribution in [3.05, 3.63) is 46.5 Å². The second-order valence-corrected chi connectivity index (χ2v) is 9.69. The molecule has 0 radical (unpaired) electrons. The molecule has 33 heavy (non-hydrogen) atoms. The van der Waals surface area contributed by atoms with Crippen molar-refractivity contribution in [1.29, 1.82) is 0 Å². The number of pyridine rings is 1. The van der Waals surface area contributed by atoms with Crippen LogP contribution in [0.4, 0.5) is 11.4 Å². The number of nitrogens with zero attached hydrogens (tertiary/aromatic N) is 2. The number of amides is 1. The minimum Gasteiger partial charge on any atom is -0.491 e. The number of aromatic nitrogens is 1. The van der Waals surface area contributed by atoms with Gasteiger partial charge in [-0.1, -0.05) is 6.07 Å². The van der Waals surface area contributed by atoms with Crippen molar-refractivity contribution in [2.24, 2.45) is 5.73 Å². The summed E-state index contributed by atoms with van der Waals surface area (Å²) < 4.78 is 11.8. The number of hydrogen-bond donors (Lipinski definition) is 3. The molecule has 174 valence electrons. The first kappa shape index (κ1) is 21.9. The van der Waals surface area contributed by atoms with Crippen LogP contribution in [0.5, 0.6) is 5.75 Å². The highest BCUT2D eigenvalue weighted by Gasteiger charge is 2.32. The summed E-state index contributed by atoms with van der Waals surface area (Å²) in [6.07, 6.45) is 0.747. The Hall–Kier alpha value is -2.88. The highest BCUT2D eigenvalue weighted by molar-refractivity contribution is 7.21. The lowest BCUT2D eigenvalue weighted by atomic mass is 10.0. The molecule has 3 aromatic rings. The fraction of sp³-hybridized carbons (Fsp3) is 0.417. The lowest BCUT2D eigenvalue weighted by Gasteiger charge is -2.28. The van der Waals surface area contributed by atoms with Crippen molar-refractivity contribution in [1.82, 2.24) is 10.3 Å². The molecule has 9 heteroatoms. The Bertz CT molecular complexity index is 1200. The first-order valence-corrected chi connectivity index (χ1v) is 12.1. The first-order valence-electron chi connectivity index (χ1n) is 11.3. The van der Waals surface area contributed by atoms with Crippen molar-refractivity contribution in [3.8, 4) is 5.75 Å². The van der Waals surface area contributed by atoms with Gasteiger partial charge in [0.25, 0.3) is 5.91 Å². The number of carbonyl (C=O) groups is 1. The molecule has 2 aromatic heterocycles. The third-order valence-electron chi connectivity index (χ3n) is 6.29. The zero-order chi connectivity index (χ0) is 23.1. The van der Waals surface area contributed by atoms with Crippen LogP contribution in [0.1, 0.15) is 27.9 Å². The second kappa shape index (κ2) is 8.81. The van der Waals surface area contributed by atoms with Gasteiger partial charge in [-0.05, 0) is 44.0 Å². The zero-order valence-corrected chi connectivity index (χ0v) is 19.7. The van der Waals surface area contributed by atoms with E-state index in [9.17, 15) is 4.79 Å². The summed E-state index contributed by atoms with van der Waals surface area (Å²) in [5.41, 5.74) is 16.0. The smallest absolute Gasteiger partial charge is 0.263 e. The van der Waals surface area contributed by atoms with Gasteiger partial charge in [0.2, 0.25) is 0 Å². The van der Waals surface area contributed by atoms with E-state index in [0.29, 0.717) is 30.2 Å². The van der Waals surface area contributed by atoms with Gasteiger partial charge in [-0.3, -0.25) is 4.79 Å². The number of nitrogens with two attached hydrogens (primary N) is 2. The fourth-order valence-electron chi connectivity index (χ4n) is 4.56. The average molecular weight is 468 g/mol. The predicted octanol–water partition coefficient (Wildman–Crippen LogP) is 2.47. The van der Waals surface area contributed by atoms with E-state index >= 15 is 0 Å². The maximum absolute atomic E-state index is 12.9. The number of rotatable bonds is 5. The molecule has 4 heterocycles. The Balaban J connectivity index is 1.26. The first-order chi connectivity index (χ1) is 15.9. The molecule has 1 amide bonds. The van der Waals surface area contributed by atoms with Gasteiger partial charge in [0.05, 0.1) is 23.9 Å². The van der Waals surface area contributed by atoms with Crippen LogP contribution >= 0.6 is 11.3 Å². The minimum atomic E-state index is -0.185. The maximum Gasteiger partial charge on any atom is 0.263 e. The molecule has 1 aromatic carbocycles. The molecular weight excluding hydrogens is 438 g/mol. The normalized spacial score (nSPS) is 22.3. The topological polar surface area (TPSA) is 116 Å². The van der Waals surface area contributed by atoms with Crippen molar-refractivity contribution in [2.45, 2.75) is 38.5 Å². The number of nitrogens with one attached hydrogen (secondary N) is 1. The van der Waals surface area contributed by atoms with Crippen molar-refractivity contribution >= 4 is 38.8 Å². The van der Waals surface area contributed by atoms with E-state index in [1.54, 1.807) is 0 Å². The number of anilines is 2. The van der Waals surface area contributed by atoms with Gasteiger partial charge in [-0.2, -0.15) is 0 Å².